The Morgan fingerprint density at radius 2 is 1.88 bits per heavy atom. The molecule has 5 heteroatoms. The molecule has 0 atom stereocenters. The van der Waals surface area contributed by atoms with Crippen molar-refractivity contribution < 1.29 is 9.53 Å². The van der Waals surface area contributed by atoms with Crippen molar-refractivity contribution in [2.45, 2.75) is 24.9 Å². The summed E-state index contributed by atoms with van der Waals surface area (Å²) in [5.41, 5.74) is 2.47. The Labute approximate surface area is 158 Å². The first-order chi connectivity index (χ1) is 11.8. The number of carbonyl (C=O) groups excluding carboxylic acids is 1. The van der Waals surface area contributed by atoms with Crippen molar-refractivity contribution in [3.63, 3.8) is 0 Å². The number of benzene rings is 1. The van der Waals surface area contributed by atoms with Crippen LogP contribution in [0.25, 0.3) is 5.57 Å². The van der Waals surface area contributed by atoms with Crippen LogP contribution in [-0.4, -0.2) is 35.9 Å². The smallest absolute Gasteiger partial charge is 0.210 e. The highest BCUT2D eigenvalue weighted by atomic mass is 35.5. The number of rotatable bonds is 4. The summed E-state index contributed by atoms with van der Waals surface area (Å²) in [6.45, 7) is 2.90. The summed E-state index contributed by atoms with van der Waals surface area (Å²) in [6, 6.07) is 12.0. The van der Waals surface area contributed by atoms with Crippen LogP contribution in [0.2, 0.25) is 0 Å². The highest BCUT2D eigenvalue weighted by Gasteiger charge is 2.47. The van der Waals surface area contributed by atoms with Gasteiger partial charge in [0.1, 0.15) is 0 Å². The molecule has 1 aromatic heterocycles. The van der Waals surface area contributed by atoms with Crippen LogP contribution in [0.1, 0.15) is 24.0 Å². The average molecular weight is 376 g/mol. The Morgan fingerprint density at radius 3 is 2.56 bits per heavy atom. The van der Waals surface area contributed by atoms with E-state index in [2.05, 4.69) is 21.7 Å². The van der Waals surface area contributed by atoms with Crippen molar-refractivity contribution in [2.24, 2.45) is 0 Å². The number of halogens is 1. The van der Waals surface area contributed by atoms with E-state index < -0.39 is 5.60 Å². The molecule has 0 aliphatic carbocycles. The minimum atomic E-state index is -0.621. The number of likely N-dealkylation sites (tertiary alicyclic amines) is 1. The fourth-order valence-corrected chi connectivity index (χ4v) is 4.25. The first-order valence-electron chi connectivity index (χ1n) is 8.48. The Morgan fingerprint density at radius 1 is 1.12 bits per heavy atom. The second-order valence-electron chi connectivity index (χ2n) is 6.56. The SMILES string of the molecule is Cl.O=C1C(c2ccccc2)=COC12CCN(CCc1ccsc1)CC2. The van der Waals surface area contributed by atoms with Gasteiger partial charge in [-0.15, -0.1) is 12.4 Å². The number of hydrogen-bond donors (Lipinski definition) is 0. The first kappa shape index (κ1) is 18.2. The van der Waals surface area contributed by atoms with Crippen LogP contribution in [0.5, 0.6) is 0 Å². The van der Waals surface area contributed by atoms with E-state index in [-0.39, 0.29) is 18.2 Å². The van der Waals surface area contributed by atoms with Gasteiger partial charge in [0.2, 0.25) is 5.78 Å². The standard InChI is InChI=1S/C20H21NO2S.ClH/c22-19-18(17-4-2-1-3-5-17)14-23-20(19)8-11-21(12-9-20)10-6-16-7-13-24-15-16;/h1-5,7,13-15H,6,8-12H2;1H. The number of ether oxygens (including phenoxy) is 1. The van der Waals surface area contributed by atoms with E-state index in [0.29, 0.717) is 0 Å². The molecule has 1 fully saturated rings. The Balaban J connectivity index is 0.00000182. The van der Waals surface area contributed by atoms with Crippen molar-refractivity contribution in [3.05, 3.63) is 64.5 Å². The summed E-state index contributed by atoms with van der Waals surface area (Å²) in [5, 5.41) is 4.34. The maximum absolute atomic E-state index is 12.9. The molecule has 1 aromatic carbocycles. The number of Topliss-reactive ketones (excluding diaryl/α,β-unsaturated/α-hetero) is 1. The van der Waals surface area contributed by atoms with E-state index in [9.17, 15) is 4.79 Å². The van der Waals surface area contributed by atoms with Gasteiger partial charge in [-0.3, -0.25) is 4.79 Å². The second kappa shape index (κ2) is 7.73. The van der Waals surface area contributed by atoms with Crippen molar-refractivity contribution in [3.8, 4) is 0 Å². The molecule has 132 valence electrons. The van der Waals surface area contributed by atoms with Crippen LogP contribution >= 0.6 is 23.7 Å². The molecule has 0 unspecified atom stereocenters. The van der Waals surface area contributed by atoms with E-state index in [4.69, 9.17) is 4.74 Å². The van der Waals surface area contributed by atoms with E-state index in [1.54, 1.807) is 17.6 Å². The van der Waals surface area contributed by atoms with E-state index >= 15 is 0 Å². The Hall–Kier alpha value is -1.62. The van der Waals surface area contributed by atoms with Crippen molar-refractivity contribution in [1.29, 1.82) is 0 Å². The maximum atomic E-state index is 12.9. The molecule has 25 heavy (non-hydrogen) atoms. The molecule has 2 aliphatic rings. The number of piperidine rings is 1. The van der Waals surface area contributed by atoms with Crippen molar-refractivity contribution in [1.82, 2.24) is 4.90 Å². The van der Waals surface area contributed by atoms with E-state index in [0.717, 1.165) is 50.0 Å². The third kappa shape index (κ3) is 3.66. The van der Waals surface area contributed by atoms with Gasteiger partial charge in [0, 0.05) is 32.5 Å². The number of ketones is 1. The van der Waals surface area contributed by atoms with Crippen molar-refractivity contribution >= 4 is 35.1 Å². The molecule has 2 aliphatic heterocycles. The van der Waals surface area contributed by atoms with Crippen LogP contribution in [-0.2, 0) is 16.0 Å². The zero-order chi connectivity index (χ0) is 16.4. The quantitative estimate of drug-likeness (QED) is 0.802. The van der Waals surface area contributed by atoms with Gasteiger partial charge in [0.05, 0.1) is 11.8 Å². The van der Waals surface area contributed by atoms with Gasteiger partial charge in [0.15, 0.2) is 5.60 Å². The minimum absolute atomic E-state index is 0. The van der Waals surface area contributed by atoms with Gasteiger partial charge < -0.3 is 9.64 Å². The lowest BCUT2D eigenvalue weighted by atomic mass is 9.84. The molecule has 0 amide bonds. The first-order valence-corrected chi connectivity index (χ1v) is 9.43. The highest BCUT2D eigenvalue weighted by molar-refractivity contribution is 7.07. The van der Waals surface area contributed by atoms with E-state index in [1.165, 1.54) is 5.56 Å². The van der Waals surface area contributed by atoms with Gasteiger partial charge in [-0.25, -0.2) is 0 Å². The molecule has 0 N–H and O–H groups in total. The number of nitrogens with zero attached hydrogens (tertiary/aromatic N) is 1. The third-order valence-electron chi connectivity index (χ3n) is 5.11. The molecular weight excluding hydrogens is 354 g/mol. The maximum Gasteiger partial charge on any atom is 0.210 e. The van der Waals surface area contributed by atoms with Crippen LogP contribution in [0.3, 0.4) is 0 Å². The summed E-state index contributed by atoms with van der Waals surface area (Å²) in [7, 11) is 0. The van der Waals surface area contributed by atoms with Gasteiger partial charge in [-0.2, -0.15) is 11.3 Å². The minimum Gasteiger partial charge on any atom is -0.486 e. The van der Waals surface area contributed by atoms with Gasteiger partial charge in [-0.1, -0.05) is 30.3 Å². The summed E-state index contributed by atoms with van der Waals surface area (Å²) in [6.07, 6.45) is 4.32. The lowest BCUT2D eigenvalue weighted by Crippen LogP contribution is -2.49. The zero-order valence-corrected chi connectivity index (χ0v) is 15.7. The van der Waals surface area contributed by atoms with Crippen LogP contribution in [0.4, 0.5) is 0 Å². The Bertz CT molecular complexity index is 734. The summed E-state index contributed by atoms with van der Waals surface area (Å²) < 4.78 is 5.92. The predicted octanol–water partition coefficient (Wildman–Crippen LogP) is 4.19. The second-order valence-corrected chi connectivity index (χ2v) is 7.34. The molecule has 0 saturated carbocycles. The highest BCUT2D eigenvalue weighted by Crippen LogP contribution is 2.38. The van der Waals surface area contributed by atoms with Crippen LogP contribution in [0, 0.1) is 0 Å². The molecule has 0 radical (unpaired) electrons. The lowest BCUT2D eigenvalue weighted by Gasteiger charge is -2.37. The summed E-state index contributed by atoms with van der Waals surface area (Å²) in [4.78, 5) is 15.4. The number of thiophene rings is 1. The zero-order valence-electron chi connectivity index (χ0n) is 14.0. The molecule has 4 rings (SSSR count). The molecular formula is C20H22ClNO2S. The van der Waals surface area contributed by atoms with E-state index in [1.807, 2.05) is 30.3 Å². The normalized spacial score (nSPS) is 19.4. The molecule has 2 aromatic rings. The van der Waals surface area contributed by atoms with Gasteiger partial charge >= 0.3 is 0 Å². The molecule has 3 nitrogen and oxygen atoms in total. The van der Waals surface area contributed by atoms with Gasteiger partial charge in [0.25, 0.3) is 0 Å². The number of carbonyl (C=O) groups is 1. The van der Waals surface area contributed by atoms with Crippen LogP contribution in [0.15, 0.2) is 53.4 Å². The largest absolute Gasteiger partial charge is 0.486 e. The lowest BCUT2D eigenvalue weighted by molar-refractivity contribution is -0.133. The fraction of sp³-hybridized carbons (Fsp3) is 0.350. The average Bonchev–Trinajstić information content (AvgIpc) is 3.25. The van der Waals surface area contributed by atoms with Gasteiger partial charge in [-0.05, 0) is 34.4 Å². The summed E-state index contributed by atoms with van der Waals surface area (Å²) in [5.74, 6) is 0.159. The predicted molar refractivity (Wildman–Crippen MR) is 104 cm³/mol. The molecule has 1 saturated heterocycles. The molecule has 3 heterocycles. The molecule has 0 bridgehead atoms. The third-order valence-corrected chi connectivity index (χ3v) is 5.84. The van der Waals surface area contributed by atoms with Crippen LogP contribution < -0.4 is 0 Å². The monoisotopic (exact) mass is 375 g/mol. The molecule has 1 spiro atoms. The topological polar surface area (TPSA) is 29.5 Å². The number of hydrogen-bond acceptors (Lipinski definition) is 4. The summed E-state index contributed by atoms with van der Waals surface area (Å²) >= 11 is 1.75. The Kier molecular flexibility index (Phi) is 5.62. The van der Waals surface area contributed by atoms with Crippen molar-refractivity contribution in [2.75, 3.05) is 19.6 Å². The fourth-order valence-electron chi connectivity index (χ4n) is 3.55.